The molecule has 0 aliphatic rings. The summed E-state index contributed by atoms with van der Waals surface area (Å²) in [4.78, 5) is 22.4. The van der Waals surface area contributed by atoms with Gasteiger partial charge in [0.2, 0.25) is 10.7 Å². The van der Waals surface area contributed by atoms with E-state index in [2.05, 4.69) is 6.92 Å². The van der Waals surface area contributed by atoms with E-state index >= 15 is 0 Å². The normalized spacial score (nSPS) is 13.2. The Morgan fingerprint density at radius 2 is 1.27 bits per heavy atom. The highest BCUT2D eigenvalue weighted by Crippen LogP contribution is 2.29. The van der Waals surface area contributed by atoms with Crippen molar-refractivity contribution in [3.63, 3.8) is 0 Å². The lowest BCUT2D eigenvalue weighted by Crippen LogP contribution is -2.49. The van der Waals surface area contributed by atoms with E-state index in [1.165, 1.54) is 32.1 Å². The Morgan fingerprint density at radius 1 is 0.885 bits per heavy atom. The van der Waals surface area contributed by atoms with Crippen LogP contribution < -0.4 is 18.0 Å². The Kier molecular flexibility index (Phi) is 16.9. The van der Waals surface area contributed by atoms with Crippen molar-refractivity contribution in [2.75, 3.05) is 0 Å². The second-order valence-corrected chi connectivity index (χ2v) is 8.08. The van der Waals surface area contributed by atoms with E-state index in [9.17, 15) is 27.7 Å². The van der Waals surface area contributed by atoms with E-state index in [0.29, 0.717) is 12.8 Å². The summed E-state index contributed by atoms with van der Waals surface area (Å²) < 4.78 is 29.7. The van der Waals surface area contributed by atoms with Crippen molar-refractivity contribution in [2.24, 2.45) is 5.73 Å². The average molecular weight is 400 g/mol. The number of carbonyl (C=O) groups excluding carboxylic acids is 1. The number of nitrogens with two attached hydrogens (primary N) is 1. The zero-order chi connectivity index (χ0) is 18.6. The molecule has 1 amide bonds. The Labute approximate surface area is 157 Å². The molecule has 0 aliphatic carbocycles. The second kappa shape index (κ2) is 14.9. The third-order valence-corrected chi connectivity index (χ3v) is 5.79. The van der Waals surface area contributed by atoms with Crippen molar-refractivity contribution in [3.05, 3.63) is 0 Å². The maximum Gasteiger partial charge on any atom is 0.328 e. The monoisotopic (exact) mass is 399 g/mol. The molecule has 1 unspecified atom stereocenters. The molecule has 0 aromatic rings. The quantitative estimate of drug-likeness (QED) is 0.203. The van der Waals surface area contributed by atoms with E-state index in [-0.39, 0.29) is 18.7 Å². The molecule has 0 aromatic carbocycles. The van der Waals surface area contributed by atoms with Crippen LogP contribution in [0.4, 0.5) is 0 Å². The molecule has 0 fully saturated rings. The molecule has 0 bridgehead atoms. The van der Waals surface area contributed by atoms with Crippen molar-refractivity contribution in [1.82, 2.24) is 12.3 Å². The van der Waals surface area contributed by atoms with Crippen LogP contribution in [0, 0.1) is 0 Å². The van der Waals surface area contributed by atoms with Gasteiger partial charge in [-0.05, 0) is 6.42 Å². The number of unbranched alkanes of at least 4 members (excludes halogenated alkanes) is 9. The molecular formula is C16H37N3O6S. The number of rotatable bonds is 15. The van der Waals surface area contributed by atoms with Gasteiger partial charge in [-0.25, -0.2) is 0 Å². The minimum absolute atomic E-state index is 0. The Morgan fingerprint density at radius 3 is 1.58 bits per heavy atom. The van der Waals surface area contributed by atoms with Gasteiger partial charge in [-0.15, -0.1) is 0 Å². The van der Waals surface area contributed by atoms with Crippen LogP contribution in [-0.4, -0.2) is 34.7 Å². The molecule has 9 nitrogen and oxygen atoms in total. The van der Waals surface area contributed by atoms with Gasteiger partial charge >= 0.3 is 5.97 Å². The van der Waals surface area contributed by atoms with Crippen molar-refractivity contribution in [3.8, 4) is 0 Å². The zero-order valence-corrected chi connectivity index (χ0v) is 16.7. The first-order chi connectivity index (χ1) is 11.2. The van der Waals surface area contributed by atoms with Gasteiger partial charge < -0.3 is 23.1 Å². The number of hydrogen-bond donors (Lipinski definition) is 5. The van der Waals surface area contributed by atoms with Gasteiger partial charge in [0.1, 0.15) is 0 Å². The topological polar surface area (TPSA) is 205 Å². The molecular weight excluding hydrogens is 362 g/mol. The third kappa shape index (κ3) is 10.7. The fourth-order valence-electron chi connectivity index (χ4n) is 2.78. The Balaban J connectivity index is -0.00000264. The summed E-state index contributed by atoms with van der Waals surface area (Å²) in [6, 6.07) is 0. The van der Waals surface area contributed by atoms with Crippen LogP contribution in [0.5, 0.6) is 0 Å². The molecule has 0 aliphatic heterocycles. The van der Waals surface area contributed by atoms with Crippen LogP contribution in [0.25, 0.3) is 0 Å². The van der Waals surface area contributed by atoms with Crippen LogP contribution in [0.1, 0.15) is 84.0 Å². The fourth-order valence-corrected chi connectivity index (χ4v) is 3.73. The molecule has 0 aromatic heterocycles. The van der Waals surface area contributed by atoms with Crippen molar-refractivity contribution >= 4 is 22.0 Å². The maximum atomic E-state index is 11.5. The minimum atomic E-state index is -4.93. The average Bonchev–Trinajstić information content (AvgIpc) is 2.46. The SMILES string of the molecule is CCCCCCCCCCCCC(CC(N)=O)(C(=O)O)S(=O)(=O)O.N.N. The lowest BCUT2D eigenvalue weighted by atomic mass is 9.95. The molecule has 1 atom stereocenters. The summed E-state index contributed by atoms with van der Waals surface area (Å²) >= 11 is 0. The summed E-state index contributed by atoms with van der Waals surface area (Å²) in [7, 11) is -4.93. The standard InChI is InChI=1S/C16H31NO6S.2H3N/c1-2-3-4-5-6-7-8-9-10-11-12-16(15(19)20,13-14(17)18)24(21,22)23;;/h2-13H2,1H3,(H2,17,18)(H,19,20)(H,21,22,23);2*1H3. The van der Waals surface area contributed by atoms with Crippen molar-refractivity contribution in [1.29, 1.82) is 0 Å². The Hall–Kier alpha value is -1.23. The van der Waals surface area contributed by atoms with Crippen molar-refractivity contribution in [2.45, 2.75) is 88.7 Å². The first-order valence-electron chi connectivity index (χ1n) is 8.66. The highest BCUT2D eigenvalue weighted by atomic mass is 32.2. The molecule has 0 saturated heterocycles. The summed E-state index contributed by atoms with van der Waals surface area (Å²) in [5, 5.41) is 9.20. The number of hydrogen-bond acceptors (Lipinski definition) is 6. The molecule has 10 N–H and O–H groups in total. The fraction of sp³-hybridized carbons (Fsp3) is 0.875. The molecule has 0 spiro atoms. The molecule has 26 heavy (non-hydrogen) atoms. The summed E-state index contributed by atoms with van der Waals surface area (Å²) in [5.74, 6) is -2.80. The number of aliphatic carboxylic acids is 1. The third-order valence-electron chi connectivity index (χ3n) is 4.28. The first-order valence-corrected chi connectivity index (χ1v) is 10.1. The smallest absolute Gasteiger partial charge is 0.328 e. The highest BCUT2D eigenvalue weighted by Gasteiger charge is 2.51. The number of primary amides is 1. The van der Waals surface area contributed by atoms with Crippen molar-refractivity contribution < 1.29 is 27.7 Å². The summed E-state index contributed by atoms with van der Waals surface area (Å²) in [6.45, 7) is 2.17. The highest BCUT2D eigenvalue weighted by molar-refractivity contribution is 7.88. The molecule has 0 rings (SSSR count). The molecule has 0 radical (unpaired) electrons. The lowest BCUT2D eigenvalue weighted by molar-refractivity contribution is -0.142. The molecule has 158 valence electrons. The van der Waals surface area contributed by atoms with E-state index in [1.54, 1.807) is 0 Å². The molecule has 0 saturated carbocycles. The van der Waals surface area contributed by atoms with Gasteiger partial charge in [0.05, 0.1) is 6.42 Å². The Bertz CT molecular complexity index is 498. The minimum Gasteiger partial charge on any atom is -0.480 e. The number of carboxylic acid groups (broad SMARTS) is 1. The zero-order valence-electron chi connectivity index (χ0n) is 15.9. The van der Waals surface area contributed by atoms with Crippen LogP contribution >= 0.6 is 0 Å². The van der Waals surface area contributed by atoms with Crippen LogP contribution in [0.2, 0.25) is 0 Å². The number of carbonyl (C=O) groups is 2. The van der Waals surface area contributed by atoms with Crippen LogP contribution in [-0.2, 0) is 19.7 Å². The van der Waals surface area contributed by atoms with Gasteiger partial charge in [0.25, 0.3) is 10.1 Å². The second-order valence-electron chi connectivity index (χ2n) is 6.35. The first kappa shape index (κ1) is 29.5. The number of amides is 1. The number of carboxylic acids is 1. The predicted molar refractivity (Wildman–Crippen MR) is 102 cm³/mol. The van der Waals surface area contributed by atoms with E-state index in [1.807, 2.05) is 0 Å². The van der Waals surface area contributed by atoms with Gasteiger partial charge in [0.15, 0.2) is 0 Å². The van der Waals surface area contributed by atoms with E-state index < -0.39 is 33.2 Å². The summed E-state index contributed by atoms with van der Waals surface area (Å²) in [5.41, 5.74) is 4.96. The van der Waals surface area contributed by atoms with E-state index in [4.69, 9.17) is 5.73 Å². The van der Waals surface area contributed by atoms with E-state index in [0.717, 1.165) is 19.3 Å². The van der Waals surface area contributed by atoms with Crippen LogP contribution in [0.15, 0.2) is 0 Å². The predicted octanol–water partition coefficient (Wildman–Crippen LogP) is 3.21. The van der Waals surface area contributed by atoms with Gasteiger partial charge in [-0.1, -0.05) is 71.1 Å². The van der Waals surface area contributed by atoms with Crippen LogP contribution in [0.3, 0.4) is 0 Å². The van der Waals surface area contributed by atoms with Gasteiger partial charge in [-0.3, -0.25) is 14.1 Å². The maximum absolute atomic E-state index is 11.5. The largest absolute Gasteiger partial charge is 0.480 e. The molecule has 0 heterocycles. The lowest BCUT2D eigenvalue weighted by Gasteiger charge is -2.24. The molecule has 10 heteroatoms. The van der Waals surface area contributed by atoms with Gasteiger partial charge in [0, 0.05) is 0 Å². The van der Waals surface area contributed by atoms with Gasteiger partial charge in [-0.2, -0.15) is 8.42 Å². The summed E-state index contributed by atoms with van der Waals surface area (Å²) in [6.07, 6.45) is 8.80.